The van der Waals surface area contributed by atoms with E-state index < -0.39 is 22.2 Å². The maximum atomic E-state index is 13.8. The molecule has 104 valence electrons. The Labute approximate surface area is 113 Å². The number of thioether (sulfide) groups is 1. The van der Waals surface area contributed by atoms with Gasteiger partial charge in [0, 0.05) is 17.4 Å². The molecule has 1 fully saturated rings. The minimum Gasteiger partial charge on any atom is -0.373 e. The van der Waals surface area contributed by atoms with Gasteiger partial charge in [-0.3, -0.25) is 10.1 Å². The molecule has 1 saturated heterocycles. The number of rotatable bonds is 3. The predicted molar refractivity (Wildman–Crippen MR) is 71.6 cm³/mol. The quantitative estimate of drug-likeness (QED) is 0.682. The largest absolute Gasteiger partial charge is 0.373 e. The molecule has 1 aliphatic heterocycles. The highest BCUT2D eigenvalue weighted by Crippen LogP contribution is 2.33. The first kappa shape index (κ1) is 14.0. The highest BCUT2D eigenvalue weighted by atomic mass is 32.2. The molecule has 2 rings (SSSR count). The first-order valence-electron chi connectivity index (χ1n) is 6.01. The Morgan fingerprint density at radius 2 is 2.21 bits per heavy atom. The lowest BCUT2D eigenvalue weighted by molar-refractivity contribution is -0.384. The van der Waals surface area contributed by atoms with E-state index in [0.717, 1.165) is 30.7 Å². The zero-order valence-electron chi connectivity index (χ0n) is 10.4. The summed E-state index contributed by atoms with van der Waals surface area (Å²) in [4.78, 5) is 10.2. The second kappa shape index (κ2) is 5.73. The van der Waals surface area contributed by atoms with Gasteiger partial charge in [-0.1, -0.05) is 6.92 Å². The molecule has 0 amide bonds. The Balaban J connectivity index is 2.32. The summed E-state index contributed by atoms with van der Waals surface area (Å²) in [6.07, 6.45) is 1.75. The number of benzene rings is 1. The van der Waals surface area contributed by atoms with Crippen molar-refractivity contribution in [3.63, 3.8) is 0 Å². The fourth-order valence-corrected chi connectivity index (χ4v) is 3.27. The molecule has 2 unspecified atom stereocenters. The van der Waals surface area contributed by atoms with Gasteiger partial charge in [-0.15, -0.1) is 0 Å². The molecular formula is C12H14F2N2O2S. The van der Waals surface area contributed by atoms with Crippen LogP contribution < -0.4 is 5.32 Å². The van der Waals surface area contributed by atoms with Crippen LogP contribution in [-0.4, -0.2) is 22.0 Å². The summed E-state index contributed by atoms with van der Waals surface area (Å²) in [5.74, 6) is -1.24. The van der Waals surface area contributed by atoms with Gasteiger partial charge >= 0.3 is 0 Å². The molecule has 0 spiro atoms. The molecule has 0 bridgehead atoms. The highest BCUT2D eigenvalue weighted by molar-refractivity contribution is 8.00. The van der Waals surface area contributed by atoms with E-state index in [4.69, 9.17) is 0 Å². The average molecular weight is 288 g/mol. The number of hydrogen-bond donors (Lipinski definition) is 1. The first-order chi connectivity index (χ1) is 9.00. The number of nitrogens with zero attached hydrogens (tertiary/aromatic N) is 1. The fourth-order valence-electron chi connectivity index (χ4n) is 2.13. The Morgan fingerprint density at radius 1 is 1.47 bits per heavy atom. The van der Waals surface area contributed by atoms with Gasteiger partial charge in [-0.05, 0) is 24.7 Å². The Kier molecular flexibility index (Phi) is 4.24. The van der Waals surface area contributed by atoms with Crippen molar-refractivity contribution < 1.29 is 13.7 Å². The van der Waals surface area contributed by atoms with Crippen LogP contribution in [0.15, 0.2) is 12.1 Å². The molecule has 1 aromatic carbocycles. The molecule has 0 saturated carbocycles. The number of nitro benzene ring substituents is 1. The van der Waals surface area contributed by atoms with E-state index in [9.17, 15) is 18.9 Å². The molecule has 0 radical (unpaired) electrons. The molecule has 4 nitrogen and oxygen atoms in total. The van der Waals surface area contributed by atoms with Gasteiger partial charge in [-0.2, -0.15) is 11.8 Å². The van der Waals surface area contributed by atoms with E-state index >= 15 is 0 Å². The smallest absolute Gasteiger partial charge is 0.295 e. The summed E-state index contributed by atoms with van der Waals surface area (Å²) in [5.41, 5.74) is -0.772. The topological polar surface area (TPSA) is 55.2 Å². The van der Waals surface area contributed by atoms with Crippen LogP contribution in [0.5, 0.6) is 0 Å². The van der Waals surface area contributed by atoms with E-state index in [2.05, 4.69) is 5.32 Å². The second-order valence-electron chi connectivity index (χ2n) is 4.48. The minimum absolute atomic E-state index is 0.0891. The average Bonchev–Trinajstić information content (AvgIpc) is 2.37. The van der Waals surface area contributed by atoms with Crippen LogP contribution >= 0.6 is 11.8 Å². The van der Waals surface area contributed by atoms with Gasteiger partial charge in [0.15, 0.2) is 17.3 Å². The monoisotopic (exact) mass is 288 g/mol. The minimum atomic E-state index is -1.18. The van der Waals surface area contributed by atoms with E-state index in [1.807, 2.05) is 6.92 Å². The molecular weight excluding hydrogens is 274 g/mol. The zero-order chi connectivity index (χ0) is 14.0. The Hall–Kier alpha value is -1.37. The third-order valence-corrected chi connectivity index (χ3v) is 4.58. The van der Waals surface area contributed by atoms with Crippen LogP contribution in [0, 0.1) is 21.7 Å². The summed E-state index contributed by atoms with van der Waals surface area (Å²) in [7, 11) is 0. The highest BCUT2D eigenvalue weighted by Gasteiger charge is 2.28. The van der Waals surface area contributed by atoms with Crippen LogP contribution in [0.25, 0.3) is 0 Å². The zero-order valence-corrected chi connectivity index (χ0v) is 11.2. The van der Waals surface area contributed by atoms with Gasteiger partial charge < -0.3 is 5.32 Å². The van der Waals surface area contributed by atoms with E-state index in [-0.39, 0.29) is 17.0 Å². The van der Waals surface area contributed by atoms with Crippen LogP contribution in [0.1, 0.15) is 19.8 Å². The number of hydrogen-bond acceptors (Lipinski definition) is 4. The van der Waals surface area contributed by atoms with Gasteiger partial charge in [0.1, 0.15) is 0 Å². The predicted octanol–water partition coefficient (Wildman–Crippen LogP) is 3.57. The molecule has 0 aromatic heterocycles. The van der Waals surface area contributed by atoms with Crippen molar-refractivity contribution in [1.82, 2.24) is 0 Å². The molecule has 0 aliphatic carbocycles. The molecule has 2 atom stereocenters. The number of halogens is 2. The number of nitro groups is 1. The lowest BCUT2D eigenvalue weighted by Gasteiger charge is -2.29. The lowest BCUT2D eigenvalue weighted by atomic mass is 10.1. The van der Waals surface area contributed by atoms with Crippen molar-refractivity contribution in [2.75, 3.05) is 11.1 Å². The SMILES string of the molecule is CC1SCCCC1Nc1c([N+](=O)[O-])ccc(F)c1F. The molecule has 1 heterocycles. The van der Waals surface area contributed by atoms with Crippen molar-refractivity contribution >= 4 is 23.1 Å². The Bertz CT molecular complexity index is 499. The maximum Gasteiger partial charge on any atom is 0.295 e. The van der Waals surface area contributed by atoms with Crippen molar-refractivity contribution in [2.24, 2.45) is 0 Å². The third-order valence-electron chi connectivity index (χ3n) is 3.21. The van der Waals surface area contributed by atoms with Gasteiger partial charge in [0.2, 0.25) is 0 Å². The normalized spacial score (nSPS) is 23.1. The molecule has 1 aliphatic rings. The third kappa shape index (κ3) is 2.97. The maximum absolute atomic E-state index is 13.8. The van der Waals surface area contributed by atoms with Crippen molar-refractivity contribution in [2.45, 2.75) is 31.1 Å². The van der Waals surface area contributed by atoms with Crippen LogP contribution in [0.3, 0.4) is 0 Å². The number of nitrogens with one attached hydrogen (secondary N) is 1. The van der Waals surface area contributed by atoms with E-state index in [1.165, 1.54) is 0 Å². The molecule has 1 N–H and O–H groups in total. The number of anilines is 1. The molecule has 7 heteroatoms. The lowest BCUT2D eigenvalue weighted by Crippen LogP contribution is -2.33. The summed E-state index contributed by atoms with van der Waals surface area (Å²) in [6.45, 7) is 1.98. The summed E-state index contributed by atoms with van der Waals surface area (Å²) < 4.78 is 27.0. The first-order valence-corrected chi connectivity index (χ1v) is 7.06. The summed E-state index contributed by atoms with van der Waals surface area (Å²) in [5, 5.41) is 13.9. The van der Waals surface area contributed by atoms with Gasteiger partial charge in [0.05, 0.1) is 4.92 Å². The standard InChI is InChI=1S/C12H14F2N2O2S/c1-7-9(3-2-6-19-7)15-12-10(16(17)18)5-4-8(13)11(12)14/h4-5,7,9,15H,2-3,6H2,1H3. The van der Waals surface area contributed by atoms with Crippen LogP contribution in [0.4, 0.5) is 20.2 Å². The van der Waals surface area contributed by atoms with Crippen LogP contribution in [0.2, 0.25) is 0 Å². The van der Waals surface area contributed by atoms with Gasteiger partial charge in [-0.25, -0.2) is 8.78 Å². The van der Waals surface area contributed by atoms with Crippen molar-refractivity contribution in [3.05, 3.63) is 33.9 Å². The molecule has 19 heavy (non-hydrogen) atoms. The second-order valence-corrected chi connectivity index (χ2v) is 5.97. The molecule has 1 aromatic rings. The van der Waals surface area contributed by atoms with Crippen molar-refractivity contribution in [3.8, 4) is 0 Å². The van der Waals surface area contributed by atoms with Gasteiger partial charge in [0.25, 0.3) is 5.69 Å². The Morgan fingerprint density at radius 3 is 2.84 bits per heavy atom. The fraction of sp³-hybridized carbons (Fsp3) is 0.500. The van der Waals surface area contributed by atoms with E-state index in [0.29, 0.717) is 0 Å². The van der Waals surface area contributed by atoms with E-state index in [1.54, 1.807) is 11.8 Å². The summed E-state index contributed by atoms with van der Waals surface area (Å²) >= 11 is 1.72. The summed E-state index contributed by atoms with van der Waals surface area (Å²) in [6, 6.07) is 1.67. The van der Waals surface area contributed by atoms with Crippen LogP contribution in [-0.2, 0) is 0 Å². The van der Waals surface area contributed by atoms with Crippen molar-refractivity contribution in [1.29, 1.82) is 0 Å².